The fourth-order valence-electron chi connectivity index (χ4n) is 3.14. The average molecular weight is 354 g/mol. The summed E-state index contributed by atoms with van der Waals surface area (Å²) in [6.07, 6.45) is 0.786. The Balaban J connectivity index is 1.68. The van der Waals surface area contributed by atoms with E-state index in [1.807, 2.05) is 31.2 Å². The number of carbonyl (C=O) groups excluding carboxylic acids is 1. The van der Waals surface area contributed by atoms with Gasteiger partial charge in [0.15, 0.2) is 6.10 Å². The van der Waals surface area contributed by atoms with Crippen molar-refractivity contribution in [3.63, 3.8) is 0 Å². The molecule has 5 heteroatoms. The second-order valence-corrected chi connectivity index (χ2v) is 6.50. The summed E-state index contributed by atoms with van der Waals surface area (Å²) in [5.41, 5.74) is 3.61. The van der Waals surface area contributed by atoms with E-state index in [0.717, 1.165) is 16.8 Å². The summed E-state index contributed by atoms with van der Waals surface area (Å²) >= 11 is 0. The maximum absolute atomic E-state index is 14.0. The van der Waals surface area contributed by atoms with Gasteiger partial charge in [-0.2, -0.15) is 0 Å². The van der Waals surface area contributed by atoms with Gasteiger partial charge < -0.3 is 9.74 Å². The first-order chi connectivity index (χ1) is 12.6. The molecule has 0 saturated carbocycles. The predicted octanol–water partition coefficient (Wildman–Crippen LogP) is 4.07. The quantitative estimate of drug-likeness (QED) is 0.785. The first-order valence-corrected chi connectivity index (χ1v) is 8.88. The average Bonchev–Trinajstić information content (AvgIpc) is 3.11. The molecule has 1 aliphatic rings. The van der Waals surface area contributed by atoms with Crippen LogP contribution in [0.4, 0.5) is 4.39 Å². The molecule has 1 unspecified atom stereocenters. The molecule has 0 aliphatic carbocycles. The van der Waals surface area contributed by atoms with Crippen LogP contribution in [0.1, 0.15) is 36.5 Å². The molecular weight excluding hydrogens is 331 g/mol. The fourth-order valence-corrected chi connectivity index (χ4v) is 3.14. The summed E-state index contributed by atoms with van der Waals surface area (Å²) < 4.78 is 14.0. The van der Waals surface area contributed by atoms with Gasteiger partial charge in [-0.1, -0.05) is 54.5 Å². The Morgan fingerprint density at radius 3 is 2.69 bits per heavy atom. The summed E-state index contributed by atoms with van der Waals surface area (Å²) in [4.78, 5) is 19.6. The highest BCUT2D eigenvalue weighted by Crippen LogP contribution is 2.21. The minimum atomic E-state index is -0.300. The molecule has 0 fully saturated rings. The summed E-state index contributed by atoms with van der Waals surface area (Å²) in [7, 11) is 0. The molecule has 1 amide bonds. The lowest BCUT2D eigenvalue weighted by Crippen LogP contribution is -2.37. The van der Waals surface area contributed by atoms with Gasteiger partial charge in [0.1, 0.15) is 5.82 Å². The SMILES string of the molecule is CCC(=O)N(Cc1ccccc1F)CC1CC(c2ccccc2C)=NO1. The third-order valence-corrected chi connectivity index (χ3v) is 4.59. The van der Waals surface area contributed by atoms with E-state index in [9.17, 15) is 9.18 Å². The summed E-state index contributed by atoms with van der Waals surface area (Å²) in [5.74, 6) is -0.327. The minimum absolute atomic E-state index is 0.0267. The van der Waals surface area contributed by atoms with Gasteiger partial charge in [-0.3, -0.25) is 4.79 Å². The van der Waals surface area contributed by atoms with Crippen LogP contribution in [0.2, 0.25) is 0 Å². The molecule has 0 spiro atoms. The molecule has 2 aromatic carbocycles. The van der Waals surface area contributed by atoms with Gasteiger partial charge >= 0.3 is 0 Å². The number of halogens is 1. The molecule has 3 rings (SSSR count). The maximum Gasteiger partial charge on any atom is 0.222 e. The number of hydrogen-bond acceptors (Lipinski definition) is 3. The van der Waals surface area contributed by atoms with Crippen LogP contribution in [0.5, 0.6) is 0 Å². The van der Waals surface area contributed by atoms with Crippen LogP contribution < -0.4 is 0 Å². The largest absolute Gasteiger partial charge is 0.390 e. The first-order valence-electron chi connectivity index (χ1n) is 8.88. The normalized spacial score (nSPS) is 16.1. The van der Waals surface area contributed by atoms with Gasteiger partial charge in [0.2, 0.25) is 5.91 Å². The van der Waals surface area contributed by atoms with Crippen molar-refractivity contribution in [3.05, 3.63) is 71.0 Å². The van der Waals surface area contributed by atoms with Gasteiger partial charge in [-0.25, -0.2) is 4.39 Å². The van der Waals surface area contributed by atoms with Crippen molar-refractivity contribution in [1.29, 1.82) is 0 Å². The highest BCUT2D eigenvalue weighted by molar-refractivity contribution is 6.02. The molecule has 0 N–H and O–H groups in total. The van der Waals surface area contributed by atoms with E-state index in [1.54, 1.807) is 30.0 Å². The van der Waals surface area contributed by atoms with Crippen LogP contribution in [-0.4, -0.2) is 29.2 Å². The van der Waals surface area contributed by atoms with Gasteiger partial charge in [-0.05, 0) is 18.6 Å². The Labute approximate surface area is 153 Å². The van der Waals surface area contributed by atoms with Gasteiger partial charge in [0.25, 0.3) is 0 Å². The van der Waals surface area contributed by atoms with E-state index >= 15 is 0 Å². The Bertz CT molecular complexity index is 819. The van der Waals surface area contributed by atoms with Crippen LogP contribution in [0.25, 0.3) is 0 Å². The van der Waals surface area contributed by atoms with E-state index in [2.05, 4.69) is 5.16 Å². The molecule has 4 nitrogen and oxygen atoms in total. The number of carbonyl (C=O) groups is 1. The second-order valence-electron chi connectivity index (χ2n) is 6.50. The third kappa shape index (κ3) is 4.10. The van der Waals surface area contributed by atoms with Crippen LogP contribution in [0.3, 0.4) is 0 Å². The molecule has 2 aromatic rings. The van der Waals surface area contributed by atoms with E-state index in [4.69, 9.17) is 4.84 Å². The first kappa shape index (κ1) is 18.1. The highest BCUT2D eigenvalue weighted by atomic mass is 19.1. The molecule has 0 saturated heterocycles. The van der Waals surface area contributed by atoms with Gasteiger partial charge in [-0.15, -0.1) is 0 Å². The number of amides is 1. The van der Waals surface area contributed by atoms with E-state index in [0.29, 0.717) is 24.9 Å². The van der Waals surface area contributed by atoms with Crippen molar-refractivity contribution in [2.45, 2.75) is 39.3 Å². The Kier molecular flexibility index (Phi) is 5.66. The molecular formula is C21H23FN2O2. The summed E-state index contributed by atoms with van der Waals surface area (Å²) in [6, 6.07) is 14.6. The molecule has 0 bridgehead atoms. The van der Waals surface area contributed by atoms with Gasteiger partial charge in [0.05, 0.1) is 12.3 Å². The standard InChI is InChI=1S/C21H23FN2O2/c1-3-21(25)24(13-16-9-5-7-11-19(16)22)14-17-12-20(23-26-17)18-10-6-4-8-15(18)2/h4-11,17H,3,12-14H2,1-2H3. The summed E-state index contributed by atoms with van der Waals surface area (Å²) in [6.45, 7) is 4.47. The minimum Gasteiger partial charge on any atom is -0.390 e. The number of aryl methyl sites for hydroxylation is 1. The Hall–Kier alpha value is -2.69. The smallest absolute Gasteiger partial charge is 0.222 e. The lowest BCUT2D eigenvalue weighted by molar-refractivity contribution is -0.133. The fraction of sp³-hybridized carbons (Fsp3) is 0.333. The lowest BCUT2D eigenvalue weighted by Gasteiger charge is -2.24. The number of rotatable bonds is 6. The van der Waals surface area contributed by atoms with Crippen molar-refractivity contribution in [2.24, 2.45) is 5.16 Å². The van der Waals surface area contributed by atoms with E-state index < -0.39 is 0 Å². The molecule has 1 aliphatic heterocycles. The Morgan fingerprint density at radius 2 is 1.96 bits per heavy atom. The monoisotopic (exact) mass is 354 g/mol. The molecule has 136 valence electrons. The van der Waals surface area contributed by atoms with Crippen molar-refractivity contribution in [1.82, 2.24) is 4.90 Å². The van der Waals surface area contributed by atoms with Gasteiger partial charge in [0, 0.05) is 30.5 Å². The van der Waals surface area contributed by atoms with Crippen molar-refractivity contribution < 1.29 is 14.0 Å². The van der Waals surface area contributed by atoms with Crippen LogP contribution in [0.15, 0.2) is 53.7 Å². The van der Waals surface area contributed by atoms with Crippen molar-refractivity contribution in [3.8, 4) is 0 Å². The predicted molar refractivity (Wildman–Crippen MR) is 99.3 cm³/mol. The molecule has 0 radical (unpaired) electrons. The summed E-state index contributed by atoms with van der Waals surface area (Å²) in [5, 5.41) is 4.22. The van der Waals surface area contributed by atoms with Crippen LogP contribution in [-0.2, 0) is 16.2 Å². The van der Waals surface area contributed by atoms with Crippen molar-refractivity contribution in [2.75, 3.05) is 6.54 Å². The van der Waals surface area contributed by atoms with Crippen molar-refractivity contribution >= 4 is 11.6 Å². The van der Waals surface area contributed by atoms with E-state index in [1.165, 1.54) is 6.07 Å². The molecule has 0 aromatic heterocycles. The zero-order valence-corrected chi connectivity index (χ0v) is 15.1. The van der Waals surface area contributed by atoms with Crippen LogP contribution >= 0.6 is 0 Å². The third-order valence-electron chi connectivity index (χ3n) is 4.59. The number of hydrogen-bond donors (Lipinski definition) is 0. The van der Waals surface area contributed by atoms with E-state index in [-0.39, 0.29) is 24.4 Å². The molecule has 1 heterocycles. The number of benzene rings is 2. The second kappa shape index (κ2) is 8.13. The lowest BCUT2D eigenvalue weighted by atomic mass is 10.00. The zero-order valence-electron chi connectivity index (χ0n) is 15.1. The Morgan fingerprint density at radius 1 is 1.23 bits per heavy atom. The molecule has 1 atom stereocenters. The number of nitrogens with zero attached hydrogens (tertiary/aromatic N) is 2. The highest BCUT2D eigenvalue weighted by Gasteiger charge is 2.27. The number of oxime groups is 1. The maximum atomic E-state index is 14.0. The van der Waals surface area contributed by atoms with Crippen LogP contribution in [0, 0.1) is 12.7 Å². The topological polar surface area (TPSA) is 41.9 Å². The molecule has 26 heavy (non-hydrogen) atoms. The zero-order chi connectivity index (χ0) is 18.5.